The van der Waals surface area contributed by atoms with E-state index in [1.54, 1.807) is 25.1 Å². The number of benzene rings is 1. The first kappa shape index (κ1) is 16.0. The van der Waals surface area contributed by atoms with Crippen molar-refractivity contribution < 1.29 is 9.53 Å². The highest BCUT2D eigenvalue weighted by atomic mass is 35.5. The Morgan fingerprint density at radius 1 is 1.43 bits per heavy atom. The summed E-state index contributed by atoms with van der Waals surface area (Å²) in [5.41, 5.74) is 1.06. The summed E-state index contributed by atoms with van der Waals surface area (Å²) < 4.78 is 4.98. The van der Waals surface area contributed by atoms with Crippen molar-refractivity contribution in [3.63, 3.8) is 0 Å². The van der Waals surface area contributed by atoms with E-state index in [-0.39, 0.29) is 0 Å². The summed E-state index contributed by atoms with van der Waals surface area (Å²) in [6, 6.07) is 5.55. The van der Waals surface area contributed by atoms with E-state index in [4.69, 9.17) is 28.6 Å². The van der Waals surface area contributed by atoms with E-state index in [2.05, 4.69) is 10.6 Å². The molecule has 0 atom stereocenters. The fourth-order valence-electron chi connectivity index (χ4n) is 2.39. The summed E-state index contributed by atoms with van der Waals surface area (Å²) in [6.07, 6.45) is 4.79. The Labute approximate surface area is 135 Å². The predicted octanol–water partition coefficient (Wildman–Crippen LogP) is 3.75. The Morgan fingerprint density at radius 2 is 2.14 bits per heavy atom. The minimum atomic E-state index is -0.430. The fraction of sp³-hybridized carbons (Fsp3) is 0.467. The second-order valence-corrected chi connectivity index (χ2v) is 5.81. The van der Waals surface area contributed by atoms with E-state index in [0.717, 1.165) is 18.5 Å². The Bertz CT molecular complexity index is 530. The molecule has 1 aromatic rings. The van der Waals surface area contributed by atoms with Crippen LogP contribution in [0.5, 0.6) is 0 Å². The molecule has 0 amide bonds. The highest BCUT2D eigenvalue weighted by Crippen LogP contribution is 2.22. The fourth-order valence-corrected chi connectivity index (χ4v) is 2.87. The van der Waals surface area contributed by atoms with E-state index in [9.17, 15) is 4.79 Å². The zero-order valence-electron chi connectivity index (χ0n) is 11.9. The quantitative estimate of drug-likeness (QED) is 0.652. The molecule has 4 nitrogen and oxygen atoms in total. The average Bonchev–Trinajstić information content (AvgIpc) is 2.94. The molecule has 0 heterocycles. The molecule has 0 spiro atoms. The molecule has 2 rings (SSSR count). The first-order chi connectivity index (χ1) is 10.1. The maximum Gasteiger partial charge on any atom is 0.339 e. The number of carbonyl (C=O) groups excluding carboxylic acids is 1. The minimum absolute atomic E-state index is 0.314. The van der Waals surface area contributed by atoms with Crippen LogP contribution in [0.25, 0.3) is 0 Å². The van der Waals surface area contributed by atoms with Gasteiger partial charge in [0.15, 0.2) is 5.11 Å². The van der Waals surface area contributed by atoms with Gasteiger partial charge in [-0.3, -0.25) is 0 Å². The van der Waals surface area contributed by atoms with Crippen molar-refractivity contribution in [2.45, 2.75) is 38.6 Å². The molecule has 0 radical (unpaired) electrons. The van der Waals surface area contributed by atoms with Crippen LogP contribution >= 0.6 is 23.8 Å². The Morgan fingerprint density at radius 3 is 2.81 bits per heavy atom. The van der Waals surface area contributed by atoms with Crippen LogP contribution in [0.1, 0.15) is 43.0 Å². The van der Waals surface area contributed by atoms with Crippen molar-refractivity contribution in [1.29, 1.82) is 0 Å². The summed E-state index contributed by atoms with van der Waals surface area (Å²) in [5.74, 6) is -0.430. The van der Waals surface area contributed by atoms with Gasteiger partial charge in [0.1, 0.15) is 0 Å². The van der Waals surface area contributed by atoms with Crippen LogP contribution in [-0.4, -0.2) is 23.7 Å². The standard InChI is InChI=1S/C15H19ClN2O2S/c1-2-20-14(19)12-9-11(7-8-13(12)16)18-15(21)17-10-5-3-4-6-10/h7-10H,2-6H2,1H3,(H2,17,18,21). The molecule has 1 aliphatic carbocycles. The van der Waals surface area contributed by atoms with Crippen molar-refractivity contribution >= 4 is 40.6 Å². The van der Waals surface area contributed by atoms with Gasteiger partial charge in [0.05, 0.1) is 17.2 Å². The molecular weight excluding hydrogens is 308 g/mol. The van der Waals surface area contributed by atoms with Gasteiger partial charge in [0.25, 0.3) is 0 Å². The van der Waals surface area contributed by atoms with Crippen LogP contribution in [0.2, 0.25) is 5.02 Å². The lowest BCUT2D eigenvalue weighted by molar-refractivity contribution is 0.0526. The van der Waals surface area contributed by atoms with E-state index in [1.165, 1.54) is 12.8 Å². The molecule has 1 aliphatic rings. The molecule has 1 fully saturated rings. The van der Waals surface area contributed by atoms with Gasteiger partial charge in [-0.05, 0) is 50.2 Å². The van der Waals surface area contributed by atoms with Crippen molar-refractivity contribution in [3.05, 3.63) is 28.8 Å². The van der Waals surface area contributed by atoms with Crippen LogP contribution in [0, 0.1) is 0 Å². The van der Waals surface area contributed by atoms with Gasteiger partial charge >= 0.3 is 5.97 Å². The normalized spacial score (nSPS) is 14.8. The molecule has 114 valence electrons. The third kappa shape index (κ3) is 4.58. The first-order valence-corrected chi connectivity index (χ1v) is 7.93. The summed E-state index contributed by atoms with van der Waals surface area (Å²) in [7, 11) is 0. The molecule has 21 heavy (non-hydrogen) atoms. The van der Waals surface area contributed by atoms with Crippen molar-refractivity contribution in [2.75, 3.05) is 11.9 Å². The number of carbonyl (C=O) groups is 1. The number of ether oxygens (including phenoxy) is 1. The van der Waals surface area contributed by atoms with Crippen LogP contribution < -0.4 is 10.6 Å². The Hall–Kier alpha value is -1.33. The van der Waals surface area contributed by atoms with Crippen LogP contribution in [-0.2, 0) is 4.74 Å². The molecule has 0 bridgehead atoms. The zero-order valence-corrected chi connectivity index (χ0v) is 13.5. The second-order valence-electron chi connectivity index (χ2n) is 4.99. The lowest BCUT2D eigenvalue weighted by Crippen LogP contribution is -2.35. The van der Waals surface area contributed by atoms with E-state index < -0.39 is 5.97 Å². The number of hydrogen-bond donors (Lipinski definition) is 2. The minimum Gasteiger partial charge on any atom is -0.462 e. The SMILES string of the molecule is CCOC(=O)c1cc(NC(=S)NC2CCCC2)ccc1Cl. The first-order valence-electron chi connectivity index (χ1n) is 7.14. The van der Waals surface area contributed by atoms with Crippen molar-refractivity contribution in [1.82, 2.24) is 5.32 Å². The highest BCUT2D eigenvalue weighted by Gasteiger charge is 2.16. The van der Waals surface area contributed by atoms with E-state index in [1.807, 2.05) is 0 Å². The average molecular weight is 327 g/mol. The summed E-state index contributed by atoms with van der Waals surface area (Å²) in [4.78, 5) is 11.8. The predicted molar refractivity (Wildman–Crippen MR) is 89.0 cm³/mol. The zero-order chi connectivity index (χ0) is 15.2. The number of halogens is 1. The summed E-state index contributed by atoms with van der Waals surface area (Å²) in [6.45, 7) is 2.07. The van der Waals surface area contributed by atoms with Crippen LogP contribution in [0.3, 0.4) is 0 Å². The van der Waals surface area contributed by atoms with Gasteiger partial charge in [-0.15, -0.1) is 0 Å². The molecule has 0 aromatic heterocycles. The number of esters is 1. The van der Waals surface area contributed by atoms with E-state index in [0.29, 0.717) is 28.3 Å². The third-order valence-electron chi connectivity index (χ3n) is 3.41. The van der Waals surface area contributed by atoms with E-state index >= 15 is 0 Å². The Balaban J connectivity index is 2.01. The summed E-state index contributed by atoms with van der Waals surface area (Å²) >= 11 is 11.3. The number of thiocarbonyl (C=S) groups is 1. The molecule has 2 N–H and O–H groups in total. The topological polar surface area (TPSA) is 50.4 Å². The number of anilines is 1. The molecule has 1 aromatic carbocycles. The Kier molecular flexibility index (Phi) is 5.82. The number of rotatable bonds is 4. The molecule has 0 unspecified atom stereocenters. The highest BCUT2D eigenvalue weighted by molar-refractivity contribution is 7.80. The third-order valence-corrected chi connectivity index (χ3v) is 3.96. The monoisotopic (exact) mass is 326 g/mol. The largest absolute Gasteiger partial charge is 0.462 e. The lowest BCUT2D eigenvalue weighted by atomic mass is 10.2. The smallest absolute Gasteiger partial charge is 0.339 e. The number of hydrogen-bond acceptors (Lipinski definition) is 3. The molecule has 0 saturated heterocycles. The van der Waals surface area contributed by atoms with Crippen LogP contribution in [0.15, 0.2) is 18.2 Å². The maximum atomic E-state index is 11.8. The van der Waals surface area contributed by atoms with Gasteiger partial charge < -0.3 is 15.4 Å². The van der Waals surface area contributed by atoms with Gasteiger partial charge in [0, 0.05) is 11.7 Å². The lowest BCUT2D eigenvalue weighted by Gasteiger charge is -2.16. The van der Waals surface area contributed by atoms with Crippen molar-refractivity contribution in [3.8, 4) is 0 Å². The van der Waals surface area contributed by atoms with Gasteiger partial charge in [-0.2, -0.15) is 0 Å². The van der Waals surface area contributed by atoms with Gasteiger partial charge in [0.2, 0.25) is 0 Å². The van der Waals surface area contributed by atoms with Crippen molar-refractivity contribution in [2.24, 2.45) is 0 Å². The molecular formula is C15H19ClN2O2S. The molecule has 6 heteroatoms. The second kappa shape index (κ2) is 7.61. The molecule has 0 aliphatic heterocycles. The van der Waals surface area contributed by atoms with Gasteiger partial charge in [-0.25, -0.2) is 4.79 Å². The number of nitrogens with one attached hydrogen (secondary N) is 2. The van der Waals surface area contributed by atoms with Gasteiger partial charge in [-0.1, -0.05) is 24.4 Å². The van der Waals surface area contributed by atoms with Crippen LogP contribution in [0.4, 0.5) is 5.69 Å². The summed E-state index contributed by atoms with van der Waals surface area (Å²) in [5, 5.41) is 7.31. The molecule has 1 saturated carbocycles. The maximum absolute atomic E-state index is 11.8.